The molecule has 1 amide bonds. The van der Waals surface area contributed by atoms with E-state index < -0.39 is 5.54 Å². The summed E-state index contributed by atoms with van der Waals surface area (Å²) in [5, 5.41) is 6.23. The number of amidine groups is 1. The fraction of sp³-hybridized carbons (Fsp3) is 0.421. The van der Waals surface area contributed by atoms with E-state index in [1.165, 1.54) is 6.07 Å². The number of aliphatic imine (C=N–C) groups is 2. The molecule has 1 saturated carbocycles. The van der Waals surface area contributed by atoms with Crippen LogP contribution >= 0.6 is 11.8 Å². The van der Waals surface area contributed by atoms with Crippen molar-refractivity contribution >= 4 is 34.2 Å². The van der Waals surface area contributed by atoms with Gasteiger partial charge in [-0.2, -0.15) is 0 Å². The second-order valence-corrected chi connectivity index (χ2v) is 8.06. The third kappa shape index (κ3) is 3.45. The number of carbonyl (C=O) groups excluding carboxylic acids is 1. The molecule has 1 fully saturated rings. The molecule has 1 aromatic rings. The van der Waals surface area contributed by atoms with E-state index in [1.807, 2.05) is 0 Å². The van der Waals surface area contributed by atoms with Gasteiger partial charge in [-0.15, -0.1) is 0 Å². The minimum atomic E-state index is -0.634. The zero-order chi connectivity index (χ0) is 18.9. The minimum absolute atomic E-state index is 0.251. The SMILES string of the molecule is NC1=N[C@@]2(c3cc(NC(=O)C4=NCNC=C4)ccc3F)CCCC[C@H]2CS1. The number of halogens is 1. The number of hydrogen-bond donors (Lipinski definition) is 3. The minimum Gasteiger partial charge on any atom is -0.379 e. The van der Waals surface area contributed by atoms with Crippen LogP contribution in [0.5, 0.6) is 0 Å². The highest BCUT2D eigenvalue weighted by Gasteiger charge is 2.46. The van der Waals surface area contributed by atoms with Crippen molar-refractivity contribution < 1.29 is 9.18 Å². The summed E-state index contributed by atoms with van der Waals surface area (Å²) in [6.45, 7) is 0.365. The van der Waals surface area contributed by atoms with Crippen LogP contribution in [0.15, 0.2) is 40.5 Å². The number of rotatable bonds is 3. The third-order valence-corrected chi connectivity index (χ3v) is 6.36. The quantitative estimate of drug-likeness (QED) is 0.744. The van der Waals surface area contributed by atoms with E-state index >= 15 is 0 Å². The summed E-state index contributed by atoms with van der Waals surface area (Å²) in [5.74, 6) is 0.480. The second kappa shape index (κ2) is 7.34. The lowest BCUT2D eigenvalue weighted by atomic mass is 9.69. The fourth-order valence-electron chi connectivity index (χ4n) is 4.08. The van der Waals surface area contributed by atoms with Gasteiger partial charge in [-0.25, -0.2) is 4.39 Å². The zero-order valence-electron chi connectivity index (χ0n) is 14.9. The molecule has 142 valence electrons. The van der Waals surface area contributed by atoms with Crippen molar-refractivity contribution in [2.75, 3.05) is 17.7 Å². The first-order valence-electron chi connectivity index (χ1n) is 9.12. The van der Waals surface area contributed by atoms with E-state index in [4.69, 9.17) is 10.7 Å². The summed E-state index contributed by atoms with van der Waals surface area (Å²) < 4.78 is 14.9. The summed E-state index contributed by atoms with van der Waals surface area (Å²) in [4.78, 5) is 21.3. The Bertz CT molecular complexity index is 853. The van der Waals surface area contributed by atoms with Crippen molar-refractivity contribution in [3.05, 3.63) is 41.9 Å². The average Bonchev–Trinajstić information content (AvgIpc) is 2.69. The number of amides is 1. The molecule has 4 rings (SSSR count). The molecule has 27 heavy (non-hydrogen) atoms. The maximum atomic E-state index is 14.9. The van der Waals surface area contributed by atoms with Crippen LogP contribution in [0.25, 0.3) is 0 Å². The molecule has 6 nitrogen and oxygen atoms in total. The predicted octanol–water partition coefficient (Wildman–Crippen LogP) is 2.73. The lowest BCUT2D eigenvalue weighted by Crippen LogP contribution is -2.43. The molecule has 0 radical (unpaired) electrons. The number of anilines is 1. The third-order valence-electron chi connectivity index (χ3n) is 5.40. The predicted molar refractivity (Wildman–Crippen MR) is 107 cm³/mol. The van der Waals surface area contributed by atoms with Gasteiger partial charge < -0.3 is 16.4 Å². The van der Waals surface area contributed by atoms with Crippen LogP contribution in [0.3, 0.4) is 0 Å². The Balaban J connectivity index is 1.68. The maximum absolute atomic E-state index is 14.9. The number of nitrogens with two attached hydrogens (primary N) is 1. The van der Waals surface area contributed by atoms with Gasteiger partial charge in [0.25, 0.3) is 5.91 Å². The van der Waals surface area contributed by atoms with Crippen LogP contribution in [-0.4, -0.2) is 29.2 Å². The number of carbonyl (C=O) groups is 1. The molecule has 0 bridgehead atoms. The van der Waals surface area contributed by atoms with E-state index in [-0.39, 0.29) is 17.6 Å². The Kier molecular flexibility index (Phi) is 4.90. The first kappa shape index (κ1) is 18.0. The first-order valence-corrected chi connectivity index (χ1v) is 10.1. The summed E-state index contributed by atoms with van der Waals surface area (Å²) in [6, 6.07) is 4.68. The van der Waals surface area contributed by atoms with Gasteiger partial charge in [0.15, 0.2) is 5.17 Å². The molecule has 2 heterocycles. The Labute approximate surface area is 161 Å². The Morgan fingerprint density at radius 2 is 2.30 bits per heavy atom. The Hall–Kier alpha value is -2.35. The van der Waals surface area contributed by atoms with Crippen molar-refractivity contribution in [3.63, 3.8) is 0 Å². The van der Waals surface area contributed by atoms with E-state index in [0.29, 0.717) is 28.8 Å². The fourth-order valence-corrected chi connectivity index (χ4v) is 5.12. The topological polar surface area (TPSA) is 91.9 Å². The van der Waals surface area contributed by atoms with Gasteiger partial charge in [0, 0.05) is 23.2 Å². The molecule has 2 aliphatic heterocycles. The lowest BCUT2D eigenvalue weighted by molar-refractivity contribution is -0.110. The molecule has 4 N–H and O–H groups in total. The maximum Gasteiger partial charge on any atom is 0.273 e. The van der Waals surface area contributed by atoms with Crippen LogP contribution in [0.1, 0.15) is 31.2 Å². The van der Waals surface area contributed by atoms with E-state index in [1.54, 1.807) is 36.2 Å². The number of hydrogen-bond acceptors (Lipinski definition) is 6. The molecular weight excluding hydrogens is 365 g/mol. The van der Waals surface area contributed by atoms with Gasteiger partial charge in [-0.05, 0) is 43.0 Å². The van der Waals surface area contributed by atoms with Crippen molar-refractivity contribution in [2.45, 2.75) is 31.2 Å². The standard InChI is InChI=1S/C19H22FN5OS/c20-15-5-4-13(24-17(26)16-6-8-22-11-23-16)9-14(15)19-7-2-1-3-12(19)10-27-18(21)25-19/h4-6,8-9,12,22H,1-3,7,10-11H2,(H2,21,25)(H,24,26)/t12-,19-/m0/s1. The number of thioether (sulfide) groups is 1. The Morgan fingerprint density at radius 3 is 3.11 bits per heavy atom. The molecule has 1 aromatic carbocycles. The highest BCUT2D eigenvalue weighted by atomic mass is 32.2. The number of benzene rings is 1. The van der Waals surface area contributed by atoms with Crippen molar-refractivity contribution in [1.29, 1.82) is 0 Å². The van der Waals surface area contributed by atoms with Gasteiger partial charge in [0.1, 0.15) is 18.2 Å². The van der Waals surface area contributed by atoms with E-state index in [2.05, 4.69) is 15.6 Å². The van der Waals surface area contributed by atoms with Crippen molar-refractivity contribution in [2.24, 2.45) is 21.6 Å². The zero-order valence-corrected chi connectivity index (χ0v) is 15.7. The van der Waals surface area contributed by atoms with Gasteiger partial charge >= 0.3 is 0 Å². The van der Waals surface area contributed by atoms with E-state index in [0.717, 1.165) is 31.4 Å². The second-order valence-electron chi connectivity index (χ2n) is 7.02. The van der Waals surface area contributed by atoms with Crippen LogP contribution in [-0.2, 0) is 10.3 Å². The monoisotopic (exact) mass is 387 g/mol. The molecule has 0 spiro atoms. The largest absolute Gasteiger partial charge is 0.379 e. The van der Waals surface area contributed by atoms with Gasteiger partial charge in [-0.1, -0.05) is 24.6 Å². The smallest absolute Gasteiger partial charge is 0.273 e. The molecule has 1 aliphatic carbocycles. The summed E-state index contributed by atoms with van der Waals surface area (Å²) in [6.07, 6.45) is 7.19. The van der Waals surface area contributed by atoms with Gasteiger partial charge in [-0.3, -0.25) is 14.8 Å². The molecule has 8 heteroatoms. The van der Waals surface area contributed by atoms with Crippen LogP contribution in [0.4, 0.5) is 10.1 Å². The molecule has 0 unspecified atom stereocenters. The van der Waals surface area contributed by atoms with Crippen molar-refractivity contribution in [3.8, 4) is 0 Å². The lowest BCUT2D eigenvalue weighted by Gasteiger charge is -2.44. The average molecular weight is 387 g/mol. The van der Waals surface area contributed by atoms with Gasteiger partial charge in [0.2, 0.25) is 0 Å². The van der Waals surface area contributed by atoms with Crippen LogP contribution in [0, 0.1) is 11.7 Å². The highest BCUT2D eigenvalue weighted by Crippen LogP contribution is 2.50. The number of nitrogens with zero attached hydrogens (tertiary/aromatic N) is 2. The van der Waals surface area contributed by atoms with Crippen LogP contribution in [0.2, 0.25) is 0 Å². The Morgan fingerprint density at radius 1 is 1.41 bits per heavy atom. The van der Waals surface area contributed by atoms with E-state index in [9.17, 15) is 9.18 Å². The first-order chi connectivity index (χ1) is 13.1. The molecular formula is C19H22FN5OS. The molecule has 0 aromatic heterocycles. The highest BCUT2D eigenvalue weighted by molar-refractivity contribution is 8.13. The van der Waals surface area contributed by atoms with Crippen LogP contribution < -0.4 is 16.4 Å². The molecule has 0 saturated heterocycles. The summed E-state index contributed by atoms with van der Waals surface area (Å²) >= 11 is 1.54. The normalized spacial score (nSPS) is 27.1. The summed E-state index contributed by atoms with van der Waals surface area (Å²) in [7, 11) is 0. The number of fused-ring (bicyclic) bond motifs is 1. The van der Waals surface area contributed by atoms with Crippen molar-refractivity contribution in [1.82, 2.24) is 5.32 Å². The molecule has 2 atom stereocenters. The number of nitrogens with one attached hydrogen (secondary N) is 2. The molecule has 3 aliphatic rings. The summed E-state index contributed by atoms with van der Waals surface area (Å²) in [5.41, 5.74) is 6.79. The van der Waals surface area contributed by atoms with Gasteiger partial charge in [0.05, 0.1) is 5.54 Å².